The van der Waals surface area contributed by atoms with E-state index in [1.807, 2.05) is 73.7 Å². The minimum atomic E-state index is 0.637. The van der Waals surface area contributed by atoms with Gasteiger partial charge in [0.2, 0.25) is 0 Å². The molecule has 1 heterocycles. The first-order valence-corrected chi connectivity index (χ1v) is 11.4. The van der Waals surface area contributed by atoms with Crippen LogP contribution in [0.15, 0.2) is 90.1 Å². The van der Waals surface area contributed by atoms with Gasteiger partial charge in [-0.1, -0.05) is 54.2 Å². The number of thioether (sulfide) groups is 1. The monoisotopic (exact) mass is 443 g/mol. The fraction of sp³-hybridized carbons (Fsp3) is 0.154. The zero-order valence-corrected chi connectivity index (χ0v) is 19.0. The standard InChI is InChI=1S/C26H25N3O2S/c1-3-31-24-17-13-22(14-18-24)29-25(21-11-15-23(30-2)16-12-21)27-28-26(29)32-19-7-10-20-8-5-4-6-9-20/h4-18H,3,19H2,1-2H3. The lowest BCUT2D eigenvalue weighted by Crippen LogP contribution is -2.00. The number of methoxy groups -OCH3 is 1. The molecular formula is C26H25N3O2S. The Labute approximate surface area is 192 Å². The molecule has 162 valence electrons. The summed E-state index contributed by atoms with van der Waals surface area (Å²) in [5.41, 5.74) is 3.14. The Morgan fingerprint density at radius 2 is 1.59 bits per heavy atom. The van der Waals surface area contributed by atoms with Crippen molar-refractivity contribution in [2.75, 3.05) is 19.5 Å². The highest BCUT2D eigenvalue weighted by molar-refractivity contribution is 7.99. The van der Waals surface area contributed by atoms with Crippen LogP contribution < -0.4 is 9.47 Å². The maximum atomic E-state index is 5.60. The third-order valence-corrected chi connectivity index (χ3v) is 5.69. The molecule has 0 saturated carbocycles. The molecule has 1 aromatic heterocycles. The molecule has 0 unspecified atom stereocenters. The number of hydrogen-bond acceptors (Lipinski definition) is 5. The Balaban J connectivity index is 1.63. The van der Waals surface area contributed by atoms with E-state index in [4.69, 9.17) is 9.47 Å². The lowest BCUT2D eigenvalue weighted by molar-refractivity contribution is 0.340. The Morgan fingerprint density at radius 1 is 0.875 bits per heavy atom. The van der Waals surface area contributed by atoms with E-state index in [1.165, 1.54) is 5.56 Å². The van der Waals surface area contributed by atoms with E-state index in [-0.39, 0.29) is 0 Å². The van der Waals surface area contributed by atoms with Gasteiger partial charge in [-0.2, -0.15) is 0 Å². The fourth-order valence-electron chi connectivity index (χ4n) is 3.25. The van der Waals surface area contributed by atoms with Crippen LogP contribution in [0, 0.1) is 0 Å². The summed E-state index contributed by atoms with van der Waals surface area (Å²) >= 11 is 1.65. The molecule has 0 fully saturated rings. The Bertz CT molecular complexity index is 1150. The van der Waals surface area contributed by atoms with Crippen molar-refractivity contribution in [3.63, 3.8) is 0 Å². The summed E-state index contributed by atoms with van der Waals surface area (Å²) in [6.07, 6.45) is 4.26. The Kier molecular flexibility index (Phi) is 7.25. The molecular weight excluding hydrogens is 418 g/mol. The maximum Gasteiger partial charge on any atom is 0.196 e. The first kappa shape index (κ1) is 21.7. The van der Waals surface area contributed by atoms with E-state index >= 15 is 0 Å². The molecule has 4 aromatic rings. The summed E-state index contributed by atoms with van der Waals surface area (Å²) in [6.45, 7) is 2.62. The van der Waals surface area contributed by atoms with Crippen LogP contribution in [0.3, 0.4) is 0 Å². The van der Waals surface area contributed by atoms with E-state index in [0.717, 1.165) is 39.5 Å². The van der Waals surface area contributed by atoms with E-state index < -0.39 is 0 Å². The van der Waals surface area contributed by atoms with Crippen LogP contribution in [0.5, 0.6) is 11.5 Å². The van der Waals surface area contributed by atoms with Gasteiger partial charge in [-0.3, -0.25) is 4.57 Å². The Morgan fingerprint density at radius 3 is 2.28 bits per heavy atom. The first-order chi connectivity index (χ1) is 15.8. The number of ether oxygens (including phenoxy) is 2. The second-order valence-corrected chi connectivity index (χ2v) is 7.91. The third kappa shape index (κ3) is 5.21. The van der Waals surface area contributed by atoms with Crippen molar-refractivity contribution in [1.29, 1.82) is 0 Å². The quantitative estimate of drug-likeness (QED) is 0.291. The van der Waals surface area contributed by atoms with Crippen LogP contribution in [-0.2, 0) is 0 Å². The number of benzene rings is 3. The highest BCUT2D eigenvalue weighted by atomic mass is 32.2. The van der Waals surface area contributed by atoms with E-state index in [9.17, 15) is 0 Å². The zero-order valence-electron chi connectivity index (χ0n) is 18.1. The van der Waals surface area contributed by atoms with Crippen molar-refractivity contribution < 1.29 is 9.47 Å². The smallest absolute Gasteiger partial charge is 0.196 e. The van der Waals surface area contributed by atoms with Crippen molar-refractivity contribution in [2.24, 2.45) is 0 Å². The van der Waals surface area contributed by atoms with Gasteiger partial charge >= 0.3 is 0 Å². The molecule has 0 aliphatic carbocycles. The van der Waals surface area contributed by atoms with Crippen LogP contribution in [0.4, 0.5) is 0 Å². The van der Waals surface area contributed by atoms with Gasteiger partial charge in [0.05, 0.1) is 13.7 Å². The summed E-state index contributed by atoms with van der Waals surface area (Å²) in [7, 11) is 1.66. The van der Waals surface area contributed by atoms with Crippen molar-refractivity contribution in [3.05, 3.63) is 90.5 Å². The van der Waals surface area contributed by atoms with Gasteiger partial charge in [0.1, 0.15) is 11.5 Å². The Hall–Kier alpha value is -3.51. The molecule has 32 heavy (non-hydrogen) atoms. The molecule has 5 nitrogen and oxygen atoms in total. The molecule has 0 bridgehead atoms. The molecule has 0 spiro atoms. The van der Waals surface area contributed by atoms with Crippen molar-refractivity contribution in [2.45, 2.75) is 12.1 Å². The molecule has 3 aromatic carbocycles. The third-order valence-electron chi connectivity index (χ3n) is 4.81. The number of rotatable bonds is 9. The SMILES string of the molecule is CCOc1ccc(-n2c(SCC=Cc3ccccc3)nnc2-c2ccc(OC)cc2)cc1. The van der Waals surface area contributed by atoms with Gasteiger partial charge in [0, 0.05) is 17.0 Å². The second-order valence-electron chi connectivity index (χ2n) is 6.92. The van der Waals surface area contributed by atoms with Crippen LogP contribution >= 0.6 is 11.8 Å². The summed E-state index contributed by atoms with van der Waals surface area (Å²) in [6, 6.07) is 26.1. The minimum Gasteiger partial charge on any atom is -0.497 e. The van der Waals surface area contributed by atoms with Gasteiger partial charge in [-0.05, 0) is 61.0 Å². The second kappa shape index (κ2) is 10.7. The maximum absolute atomic E-state index is 5.60. The molecule has 0 amide bonds. The lowest BCUT2D eigenvalue weighted by atomic mass is 10.2. The first-order valence-electron chi connectivity index (χ1n) is 10.5. The summed E-state index contributed by atoms with van der Waals surface area (Å²) in [4.78, 5) is 0. The molecule has 0 aliphatic heterocycles. The average molecular weight is 444 g/mol. The van der Waals surface area contributed by atoms with E-state index in [0.29, 0.717) is 6.61 Å². The normalized spacial score (nSPS) is 11.1. The number of aromatic nitrogens is 3. The van der Waals surface area contributed by atoms with Gasteiger partial charge in [0.15, 0.2) is 11.0 Å². The minimum absolute atomic E-state index is 0.637. The molecule has 6 heteroatoms. The topological polar surface area (TPSA) is 49.2 Å². The number of nitrogens with zero attached hydrogens (tertiary/aromatic N) is 3. The molecule has 0 N–H and O–H groups in total. The van der Waals surface area contributed by atoms with E-state index in [1.54, 1.807) is 18.9 Å². The van der Waals surface area contributed by atoms with Crippen molar-refractivity contribution in [3.8, 4) is 28.6 Å². The van der Waals surface area contributed by atoms with Crippen LogP contribution in [0.1, 0.15) is 12.5 Å². The molecule has 0 aliphatic rings. The summed E-state index contributed by atoms with van der Waals surface area (Å²) in [5.74, 6) is 3.22. The summed E-state index contributed by atoms with van der Waals surface area (Å²) in [5, 5.41) is 9.84. The predicted octanol–water partition coefficient (Wildman–Crippen LogP) is 6.15. The van der Waals surface area contributed by atoms with Crippen molar-refractivity contribution in [1.82, 2.24) is 14.8 Å². The fourth-order valence-corrected chi connectivity index (χ4v) is 4.01. The van der Waals surface area contributed by atoms with E-state index in [2.05, 4.69) is 39.0 Å². The summed E-state index contributed by atoms with van der Waals surface area (Å²) < 4.78 is 13.0. The lowest BCUT2D eigenvalue weighted by Gasteiger charge is -2.11. The van der Waals surface area contributed by atoms with Gasteiger partial charge in [0.25, 0.3) is 0 Å². The molecule has 0 saturated heterocycles. The van der Waals surface area contributed by atoms with Gasteiger partial charge in [-0.15, -0.1) is 10.2 Å². The largest absolute Gasteiger partial charge is 0.497 e. The van der Waals surface area contributed by atoms with Gasteiger partial charge < -0.3 is 9.47 Å². The predicted molar refractivity (Wildman–Crippen MR) is 131 cm³/mol. The molecule has 4 rings (SSSR count). The van der Waals surface area contributed by atoms with Crippen LogP contribution in [0.25, 0.3) is 23.2 Å². The molecule has 0 atom stereocenters. The van der Waals surface area contributed by atoms with Gasteiger partial charge in [-0.25, -0.2) is 0 Å². The number of hydrogen-bond donors (Lipinski definition) is 0. The van der Waals surface area contributed by atoms with Crippen LogP contribution in [0.2, 0.25) is 0 Å². The zero-order chi connectivity index (χ0) is 22.2. The van der Waals surface area contributed by atoms with Crippen molar-refractivity contribution >= 4 is 17.8 Å². The molecule has 0 radical (unpaired) electrons. The average Bonchev–Trinajstić information content (AvgIpc) is 3.27. The van der Waals surface area contributed by atoms with Crippen LogP contribution in [-0.4, -0.2) is 34.2 Å². The highest BCUT2D eigenvalue weighted by Gasteiger charge is 2.16. The highest BCUT2D eigenvalue weighted by Crippen LogP contribution is 2.30.